The topological polar surface area (TPSA) is 38.7 Å². The molecule has 1 N–H and O–H groups in total. The minimum atomic E-state index is -1.12. The summed E-state index contributed by atoms with van der Waals surface area (Å²) >= 11 is 0. The Morgan fingerprint density at radius 1 is 0.846 bits per heavy atom. The van der Waals surface area contributed by atoms with Gasteiger partial charge in [0.15, 0.2) is 23.2 Å². The fourth-order valence-electron chi connectivity index (χ4n) is 5.18. The molecule has 0 radical (unpaired) electrons. The summed E-state index contributed by atoms with van der Waals surface area (Å²) in [7, 11) is 0. The van der Waals surface area contributed by atoms with E-state index in [2.05, 4.69) is 0 Å². The molecule has 210 valence electrons. The molecule has 0 aliphatic heterocycles. The molecule has 3 aromatic rings. The molecule has 1 saturated carbocycles. The van der Waals surface area contributed by atoms with Gasteiger partial charge in [-0.3, -0.25) is 0 Å². The fourth-order valence-corrected chi connectivity index (χ4v) is 5.18. The summed E-state index contributed by atoms with van der Waals surface area (Å²) in [6.07, 6.45) is 2.19. The van der Waals surface area contributed by atoms with Gasteiger partial charge >= 0.3 is 0 Å². The van der Waals surface area contributed by atoms with E-state index in [0.29, 0.717) is 44.1 Å². The van der Waals surface area contributed by atoms with Crippen LogP contribution < -0.4 is 4.74 Å². The van der Waals surface area contributed by atoms with Crippen molar-refractivity contribution >= 4 is 0 Å². The van der Waals surface area contributed by atoms with Gasteiger partial charge in [0, 0.05) is 16.7 Å². The summed E-state index contributed by atoms with van der Waals surface area (Å²) in [4.78, 5) is 0. The molecule has 0 saturated heterocycles. The molecular formula is C31H33F5O3. The normalized spacial score (nSPS) is 18.3. The lowest BCUT2D eigenvalue weighted by atomic mass is 9.82. The first-order valence-electron chi connectivity index (χ1n) is 13.4. The fraction of sp³-hybridized carbons (Fsp3) is 0.419. The van der Waals surface area contributed by atoms with Crippen LogP contribution in [0.4, 0.5) is 22.0 Å². The van der Waals surface area contributed by atoms with Gasteiger partial charge in [-0.25, -0.2) is 17.6 Å². The summed E-state index contributed by atoms with van der Waals surface area (Å²) in [5.74, 6) is -5.09. The Kier molecular flexibility index (Phi) is 9.62. The van der Waals surface area contributed by atoms with Crippen molar-refractivity contribution in [2.75, 3.05) is 6.61 Å². The quantitative estimate of drug-likeness (QED) is 0.258. The van der Waals surface area contributed by atoms with Crippen LogP contribution in [-0.2, 0) is 11.3 Å². The zero-order valence-corrected chi connectivity index (χ0v) is 22.1. The van der Waals surface area contributed by atoms with E-state index in [-0.39, 0.29) is 53.2 Å². The van der Waals surface area contributed by atoms with Gasteiger partial charge in [0.25, 0.3) is 0 Å². The molecule has 8 heteroatoms. The van der Waals surface area contributed by atoms with Crippen LogP contribution in [0, 0.1) is 29.1 Å². The zero-order valence-electron chi connectivity index (χ0n) is 22.1. The molecule has 1 atom stereocenters. The van der Waals surface area contributed by atoms with Gasteiger partial charge in [0.2, 0.25) is 5.82 Å². The van der Waals surface area contributed by atoms with Crippen molar-refractivity contribution in [3.63, 3.8) is 0 Å². The number of halogens is 5. The molecule has 1 fully saturated rings. The van der Waals surface area contributed by atoms with Crippen LogP contribution in [0.1, 0.15) is 81.1 Å². The first-order valence-corrected chi connectivity index (χ1v) is 13.4. The van der Waals surface area contributed by atoms with Gasteiger partial charge in [-0.2, -0.15) is 4.39 Å². The number of ether oxygens (including phenoxy) is 2. The molecule has 3 aromatic carbocycles. The van der Waals surface area contributed by atoms with Gasteiger partial charge in [-0.05, 0) is 74.3 Å². The molecule has 1 aliphatic rings. The Balaban J connectivity index is 1.35. The van der Waals surface area contributed by atoms with E-state index in [9.17, 15) is 27.1 Å². The lowest BCUT2D eigenvalue weighted by molar-refractivity contribution is 0.0119. The number of rotatable bonds is 10. The molecule has 4 rings (SSSR count). The molecule has 1 aliphatic carbocycles. The first kappa shape index (κ1) is 29.0. The maximum atomic E-state index is 14.8. The van der Waals surface area contributed by atoms with Crippen LogP contribution in [0.15, 0.2) is 42.5 Å². The largest absolute Gasteiger partial charge is 0.491 e. The number of hydrogen-bond donors (Lipinski definition) is 1. The van der Waals surface area contributed by atoms with Gasteiger partial charge in [0.1, 0.15) is 5.82 Å². The Bertz CT molecular complexity index is 1290. The molecule has 3 nitrogen and oxygen atoms in total. The lowest BCUT2D eigenvalue weighted by Gasteiger charge is -2.29. The van der Waals surface area contributed by atoms with Crippen LogP contribution >= 0.6 is 0 Å². The predicted octanol–water partition coefficient (Wildman–Crippen LogP) is 8.52. The molecule has 0 bridgehead atoms. The molecular weight excluding hydrogens is 515 g/mol. The molecule has 0 amide bonds. The van der Waals surface area contributed by atoms with E-state index in [4.69, 9.17) is 9.47 Å². The minimum Gasteiger partial charge on any atom is -0.491 e. The number of aliphatic hydroxyl groups is 1. The van der Waals surface area contributed by atoms with Crippen molar-refractivity contribution in [1.29, 1.82) is 0 Å². The number of aliphatic hydroxyl groups excluding tert-OH is 1. The van der Waals surface area contributed by atoms with Crippen LogP contribution in [-0.4, -0.2) is 17.8 Å². The summed E-state index contributed by atoms with van der Waals surface area (Å²) in [6.45, 7) is 3.71. The highest BCUT2D eigenvalue weighted by Gasteiger charge is 2.28. The van der Waals surface area contributed by atoms with E-state index >= 15 is 0 Å². The highest BCUT2D eigenvalue weighted by atomic mass is 19.2. The SMILES string of the molecule is CCCC(O)c1ccc(C2CCC(OCc3ccc(-c4ccc(OCC)c(F)c4F)cc3F)CC2)c(F)c1F. The summed E-state index contributed by atoms with van der Waals surface area (Å²) in [5.41, 5.74) is 0.689. The number of benzene rings is 3. The van der Waals surface area contributed by atoms with Crippen molar-refractivity contribution < 1.29 is 36.5 Å². The van der Waals surface area contributed by atoms with E-state index in [1.807, 2.05) is 6.92 Å². The van der Waals surface area contributed by atoms with Crippen molar-refractivity contribution in [1.82, 2.24) is 0 Å². The van der Waals surface area contributed by atoms with Crippen LogP contribution in [0.5, 0.6) is 5.75 Å². The third kappa shape index (κ3) is 6.44. The summed E-state index contributed by atoms with van der Waals surface area (Å²) < 4.78 is 83.9. The number of hydrogen-bond acceptors (Lipinski definition) is 3. The average molecular weight is 549 g/mol. The first-order chi connectivity index (χ1) is 18.7. The molecule has 0 aromatic heterocycles. The third-order valence-electron chi connectivity index (χ3n) is 7.36. The Morgan fingerprint density at radius 3 is 2.26 bits per heavy atom. The van der Waals surface area contributed by atoms with Crippen LogP contribution in [0.3, 0.4) is 0 Å². The minimum absolute atomic E-state index is 0.00539. The second kappa shape index (κ2) is 12.9. The third-order valence-corrected chi connectivity index (χ3v) is 7.36. The lowest BCUT2D eigenvalue weighted by Crippen LogP contribution is -2.22. The zero-order chi connectivity index (χ0) is 28.1. The second-order valence-corrected chi connectivity index (χ2v) is 9.94. The van der Waals surface area contributed by atoms with Gasteiger partial charge in [0.05, 0.1) is 25.4 Å². The van der Waals surface area contributed by atoms with E-state index in [1.54, 1.807) is 13.0 Å². The molecule has 1 unspecified atom stereocenters. The van der Waals surface area contributed by atoms with Crippen molar-refractivity contribution in [2.45, 2.75) is 77.1 Å². The van der Waals surface area contributed by atoms with E-state index < -0.39 is 35.2 Å². The Hall–Kier alpha value is -2.97. The van der Waals surface area contributed by atoms with Gasteiger partial charge < -0.3 is 14.6 Å². The molecule has 39 heavy (non-hydrogen) atoms. The predicted molar refractivity (Wildman–Crippen MR) is 139 cm³/mol. The van der Waals surface area contributed by atoms with Crippen LogP contribution in [0.25, 0.3) is 11.1 Å². The van der Waals surface area contributed by atoms with Gasteiger partial charge in [-0.1, -0.05) is 37.6 Å². The summed E-state index contributed by atoms with van der Waals surface area (Å²) in [5, 5.41) is 10.1. The standard InChI is InChI=1S/C31H33F5O3/c1-3-5-26(37)24-13-12-22(28(33)30(24)35)18-8-10-21(11-9-18)39-17-20-7-6-19(16-25(20)32)23-14-15-27(38-4-2)31(36)29(23)34/h6-7,12-16,18,21,26,37H,3-5,8-11,17H2,1-2H3. The van der Waals surface area contributed by atoms with E-state index in [1.165, 1.54) is 30.3 Å². The van der Waals surface area contributed by atoms with Crippen molar-refractivity contribution in [2.24, 2.45) is 0 Å². The van der Waals surface area contributed by atoms with Crippen LogP contribution in [0.2, 0.25) is 0 Å². The van der Waals surface area contributed by atoms with E-state index in [0.717, 1.165) is 6.07 Å². The molecule has 0 heterocycles. The maximum Gasteiger partial charge on any atom is 0.201 e. The van der Waals surface area contributed by atoms with Crippen molar-refractivity contribution in [3.8, 4) is 16.9 Å². The van der Waals surface area contributed by atoms with Crippen molar-refractivity contribution in [3.05, 3.63) is 88.2 Å². The highest BCUT2D eigenvalue weighted by Crippen LogP contribution is 2.38. The smallest absolute Gasteiger partial charge is 0.201 e. The summed E-state index contributed by atoms with van der Waals surface area (Å²) in [6, 6.07) is 9.83. The monoisotopic (exact) mass is 548 g/mol. The highest BCUT2D eigenvalue weighted by molar-refractivity contribution is 5.65. The maximum absolute atomic E-state index is 14.8. The second-order valence-electron chi connectivity index (χ2n) is 9.94. The average Bonchev–Trinajstić information content (AvgIpc) is 2.93. The Morgan fingerprint density at radius 2 is 1.59 bits per heavy atom. The molecule has 0 spiro atoms. The van der Waals surface area contributed by atoms with Gasteiger partial charge in [-0.15, -0.1) is 0 Å². The Labute approximate surface area is 225 Å².